The largest absolute Gasteiger partial charge is 0.469 e. The van der Waals surface area contributed by atoms with Crippen LogP contribution in [0, 0.1) is 0 Å². The highest BCUT2D eigenvalue weighted by molar-refractivity contribution is 5.88. The minimum atomic E-state index is -0.647. The van der Waals surface area contributed by atoms with E-state index in [1.165, 1.54) is 7.11 Å². The van der Waals surface area contributed by atoms with E-state index in [0.717, 1.165) is 0 Å². The molecule has 0 aromatic carbocycles. The molecule has 0 spiro atoms. The number of rotatable bonds is 6. The van der Waals surface area contributed by atoms with Crippen LogP contribution in [0.15, 0.2) is 0 Å². The van der Waals surface area contributed by atoms with Crippen LogP contribution in [0.3, 0.4) is 0 Å². The molecule has 1 N–H and O–H groups in total. The second-order valence-corrected chi connectivity index (χ2v) is 6.05. The fraction of sp³-hybridized carbons (Fsp3) is 0.800. The van der Waals surface area contributed by atoms with Crippen molar-refractivity contribution in [1.82, 2.24) is 15.1 Å². The molecule has 1 rings (SSSR count). The average molecular weight is 313 g/mol. The van der Waals surface area contributed by atoms with Crippen molar-refractivity contribution in [1.29, 1.82) is 0 Å². The fourth-order valence-corrected chi connectivity index (χ4v) is 2.84. The Morgan fingerprint density at radius 3 is 2.41 bits per heavy atom. The molecule has 1 saturated heterocycles. The Morgan fingerprint density at radius 2 is 1.91 bits per heavy atom. The van der Waals surface area contributed by atoms with Gasteiger partial charge in [-0.1, -0.05) is 0 Å². The van der Waals surface area contributed by atoms with Gasteiger partial charge in [-0.2, -0.15) is 0 Å². The first kappa shape index (κ1) is 18.4. The van der Waals surface area contributed by atoms with Gasteiger partial charge in [-0.05, 0) is 27.7 Å². The summed E-state index contributed by atoms with van der Waals surface area (Å²) in [6.45, 7) is 9.01. The highest BCUT2D eigenvalue weighted by Gasteiger charge is 2.34. The van der Waals surface area contributed by atoms with Crippen LogP contribution in [-0.2, 0) is 19.1 Å². The smallest absolute Gasteiger partial charge is 0.307 e. The third kappa shape index (κ3) is 4.69. The van der Waals surface area contributed by atoms with Crippen molar-refractivity contribution >= 4 is 17.8 Å². The molecule has 1 aliphatic rings. The summed E-state index contributed by atoms with van der Waals surface area (Å²) in [6, 6.07) is -0.471. The molecule has 22 heavy (non-hydrogen) atoms. The lowest BCUT2D eigenvalue weighted by atomic mass is 10.1. The standard InChI is InChI=1S/C15H27N3O4/c1-10(2)18(11(3)4)13(19)9-17-7-6-16-15(21)12(17)8-14(20)22-5/h10-12H,6-9H2,1-5H3,(H,16,21). The number of piperazine rings is 1. The van der Waals surface area contributed by atoms with E-state index < -0.39 is 12.0 Å². The minimum Gasteiger partial charge on any atom is -0.469 e. The molecule has 1 atom stereocenters. The van der Waals surface area contributed by atoms with Crippen molar-refractivity contribution in [3.8, 4) is 0 Å². The summed E-state index contributed by atoms with van der Waals surface area (Å²) in [5.41, 5.74) is 0. The maximum Gasteiger partial charge on any atom is 0.307 e. The number of nitrogens with zero attached hydrogens (tertiary/aromatic N) is 2. The molecule has 2 amide bonds. The van der Waals surface area contributed by atoms with Crippen molar-refractivity contribution in [3.05, 3.63) is 0 Å². The number of ether oxygens (including phenoxy) is 1. The quantitative estimate of drug-likeness (QED) is 0.698. The van der Waals surface area contributed by atoms with Crippen molar-refractivity contribution in [2.24, 2.45) is 0 Å². The molecule has 7 nitrogen and oxygen atoms in total. The summed E-state index contributed by atoms with van der Waals surface area (Å²) in [7, 11) is 1.29. The van der Waals surface area contributed by atoms with Crippen LogP contribution >= 0.6 is 0 Å². The van der Waals surface area contributed by atoms with Crippen LogP contribution in [0.1, 0.15) is 34.1 Å². The van der Waals surface area contributed by atoms with Gasteiger partial charge in [0.25, 0.3) is 0 Å². The molecular weight excluding hydrogens is 286 g/mol. The lowest BCUT2D eigenvalue weighted by Crippen LogP contribution is -2.59. The second kappa shape index (κ2) is 8.12. The van der Waals surface area contributed by atoms with Crippen LogP contribution < -0.4 is 5.32 Å². The number of methoxy groups -OCH3 is 1. The van der Waals surface area contributed by atoms with Gasteiger partial charge in [0.1, 0.15) is 6.04 Å². The lowest BCUT2D eigenvalue weighted by Gasteiger charge is -2.37. The predicted molar refractivity (Wildman–Crippen MR) is 82.1 cm³/mol. The zero-order valence-corrected chi connectivity index (χ0v) is 14.1. The zero-order valence-electron chi connectivity index (χ0n) is 14.1. The fourth-order valence-electron chi connectivity index (χ4n) is 2.84. The van der Waals surface area contributed by atoms with Crippen molar-refractivity contribution < 1.29 is 19.1 Å². The van der Waals surface area contributed by atoms with Gasteiger partial charge >= 0.3 is 5.97 Å². The third-order valence-corrected chi connectivity index (χ3v) is 3.77. The van der Waals surface area contributed by atoms with Gasteiger partial charge in [-0.25, -0.2) is 0 Å². The molecular formula is C15H27N3O4. The summed E-state index contributed by atoms with van der Waals surface area (Å²) in [5.74, 6) is -0.719. The van der Waals surface area contributed by atoms with Gasteiger partial charge in [0.2, 0.25) is 11.8 Å². The summed E-state index contributed by atoms with van der Waals surface area (Å²) in [6.07, 6.45) is -0.0427. The zero-order chi connectivity index (χ0) is 16.9. The monoisotopic (exact) mass is 313 g/mol. The Balaban J connectivity index is 2.80. The number of nitrogens with one attached hydrogen (secondary N) is 1. The number of carbonyl (C=O) groups is 3. The Hall–Kier alpha value is -1.63. The van der Waals surface area contributed by atoms with Crippen LogP contribution in [0.4, 0.5) is 0 Å². The first-order chi connectivity index (χ1) is 10.3. The van der Waals surface area contributed by atoms with Gasteiger partial charge in [-0.3, -0.25) is 19.3 Å². The van der Waals surface area contributed by atoms with Crippen LogP contribution in [0.25, 0.3) is 0 Å². The summed E-state index contributed by atoms with van der Waals surface area (Å²) >= 11 is 0. The van der Waals surface area contributed by atoms with E-state index in [1.807, 2.05) is 27.7 Å². The van der Waals surface area contributed by atoms with E-state index in [4.69, 9.17) is 0 Å². The topological polar surface area (TPSA) is 79.0 Å². The number of amides is 2. The van der Waals surface area contributed by atoms with E-state index in [1.54, 1.807) is 9.80 Å². The van der Waals surface area contributed by atoms with E-state index in [0.29, 0.717) is 13.1 Å². The van der Waals surface area contributed by atoms with Gasteiger partial charge in [0, 0.05) is 25.2 Å². The summed E-state index contributed by atoms with van der Waals surface area (Å²) in [4.78, 5) is 39.6. The third-order valence-electron chi connectivity index (χ3n) is 3.77. The number of hydrogen-bond donors (Lipinski definition) is 1. The Labute approximate surface area is 132 Å². The summed E-state index contributed by atoms with van der Waals surface area (Å²) in [5, 5.41) is 2.73. The molecule has 0 saturated carbocycles. The van der Waals surface area contributed by atoms with E-state index in [9.17, 15) is 14.4 Å². The Bertz CT molecular complexity index is 415. The molecule has 1 aliphatic heterocycles. The normalized spacial score (nSPS) is 19.2. The lowest BCUT2D eigenvalue weighted by molar-refractivity contribution is -0.148. The molecule has 0 bridgehead atoms. The summed E-state index contributed by atoms with van der Waals surface area (Å²) < 4.78 is 4.64. The van der Waals surface area contributed by atoms with Gasteiger partial charge in [0.05, 0.1) is 20.1 Å². The number of hydrogen-bond acceptors (Lipinski definition) is 5. The first-order valence-corrected chi connectivity index (χ1v) is 7.67. The van der Waals surface area contributed by atoms with Crippen LogP contribution in [0.5, 0.6) is 0 Å². The van der Waals surface area contributed by atoms with Crippen LogP contribution in [0.2, 0.25) is 0 Å². The SMILES string of the molecule is COC(=O)CC1C(=O)NCCN1CC(=O)N(C(C)C)C(C)C. The van der Waals surface area contributed by atoms with Crippen molar-refractivity contribution in [2.75, 3.05) is 26.7 Å². The molecule has 1 heterocycles. The maximum atomic E-state index is 12.5. The average Bonchev–Trinajstić information content (AvgIpc) is 2.41. The molecule has 1 unspecified atom stereocenters. The Morgan fingerprint density at radius 1 is 1.32 bits per heavy atom. The molecule has 7 heteroatoms. The van der Waals surface area contributed by atoms with E-state index >= 15 is 0 Å². The number of carbonyl (C=O) groups excluding carboxylic acids is 3. The predicted octanol–water partition coefficient (Wildman–Crippen LogP) is -0.00470. The molecule has 0 radical (unpaired) electrons. The van der Waals surface area contributed by atoms with Gasteiger partial charge < -0.3 is 15.0 Å². The maximum absolute atomic E-state index is 12.5. The molecule has 1 fully saturated rings. The van der Waals surface area contributed by atoms with E-state index in [2.05, 4.69) is 10.1 Å². The van der Waals surface area contributed by atoms with Crippen LogP contribution in [-0.4, -0.2) is 72.5 Å². The first-order valence-electron chi connectivity index (χ1n) is 7.67. The molecule has 0 aromatic rings. The Kier molecular flexibility index (Phi) is 6.80. The number of esters is 1. The highest BCUT2D eigenvalue weighted by atomic mass is 16.5. The molecule has 126 valence electrons. The van der Waals surface area contributed by atoms with E-state index in [-0.39, 0.29) is 36.9 Å². The highest BCUT2D eigenvalue weighted by Crippen LogP contribution is 2.12. The minimum absolute atomic E-state index is 0.0328. The van der Waals surface area contributed by atoms with Crippen molar-refractivity contribution in [3.63, 3.8) is 0 Å². The molecule has 0 aliphatic carbocycles. The second-order valence-electron chi connectivity index (χ2n) is 6.05. The van der Waals surface area contributed by atoms with Gasteiger partial charge in [0.15, 0.2) is 0 Å². The van der Waals surface area contributed by atoms with Crippen molar-refractivity contribution in [2.45, 2.75) is 52.2 Å². The molecule has 0 aromatic heterocycles. The van der Waals surface area contributed by atoms with Gasteiger partial charge in [-0.15, -0.1) is 0 Å².